The van der Waals surface area contributed by atoms with Crippen molar-refractivity contribution in [2.75, 3.05) is 13.2 Å². The van der Waals surface area contributed by atoms with Crippen LogP contribution >= 0.6 is 127 Å². The molecule has 2 aromatic carbocycles. The van der Waals surface area contributed by atoms with Gasteiger partial charge < -0.3 is 9.47 Å². The van der Waals surface area contributed by atoms with Crippen molar-refractivity contribution >= 4 is 127 Å². The number of halogens is 8. The monoisotopic (exact) mass is 863 g/mol. The predicted octanol–water partition coefficient (Wildman–Crippen LogP) is 9.72. The molecule has 0 bridgehead atoms. The van der Waals surface area contributed by atoms with E-state index >= 15 is 0 Å². The van der Waals surface area contributed by atoms with E-state index in [0.717, 1.165) is 47.3 Å². The summed E-state index contributed by atoms with van der Waals surface area (Å²) in [7, 11) is 0. The summed E-state index contributed by atoms with van der Waals surface area (Å²) in [5, 5.41) is 0. The van der Waals surface area contributed by atoms with Gasteiger partial charge in [-0.05, 0) is 88.0 Å². The number of hydrogen-bond donors (Lipinski definition) is 0. The first kappa shape index (κ1) is 23.9. The Bertz CT molecular complexity index is 735. The van der Waals surface area contributed by atoms with Crippen LogP contribution in [-0.4, -0.2) is 13.2 Å². The highest BCUT2D eigenvalue weighted by molar-refractivity contribution is 9.14. The van der Waals surface area contributed by atoms with Gasteiger partial charge in [-0.1, -0.05) is 63.7 Å². The Morgan fingerprint density at radius 3 is 1.12 bits per heavy atom. The average molecular weight is 871 g/mol. The zero-order valence-corrected chi connectivity index (χ0v) is 25.3. The molecule has 140 valence electrons. The summed E-state index contributed by atoms with van der Waals surface area (Å²) < 4.78 is 18.8. The summed E-state index contributed by atoms with van der Waals surface area (Å²) in [6, 6.07) is 7.72. The van der Waals surface area contributed by atoms with Crippen LogP contribution in [0.4, 0.5) is 0 Å². The summed E-state index contributed by atoms with van der Waals surface area (Å²) in [6.07, 6.45) is 0. The van der Waals surface area contributed by atoms with Gasteiger partial charge in [-0.2, -0.15) is 0 Å². The van der Waals surface area contributed by atoms with Gasteiger partial charge in [0.05, 0.1) is 17.9 Å². The highest BCUT2D eigenvalue weighted by Gasteiger charge is 2.12. The van der Waals surface area contributed by atoms with Crippen molar-refractivity contribution in [2.45, 2.75) is 0 Å². The van der Waals surface area contributed by atoms with Crippen LogP contribution in [0.2, 0.25) is 0 Å². The minimum Gasteiger partial charge on any atom is -0.486 e. The third-order valence-electron chi connectivity index (χ3n) is 2.91. The maximum Gasteiger partial charge on any atom is 0.148 e. The predicted molar refractivity (Wildman–Crippen MR) is 135 cm³/mol. The van der Waals surface area contributed by atoms with Crippen molar-refractivity contribution in [3.05, 3.63) is 60.1 Å². The van der Waals surface area contributed by atoms with Gasteiger partial charge in [0.2, 0.25) is 0 Å². The molecule has 0 fully saturated rings. The fourth-order valence-electron chi connectivity index (χ4n) is 1.76. The molecular weight excluding hydrogens is 863 g/mol. The van der Waals surface area contributed by atoms with Gasteiger partial charge in [0.1, 0.15) is 24.7 Å². The van der Waals surface area contributed by atoms with Crippen LogP contribution in [0.25, 0.3) is 0 Å². The van der Waals surface area contributed by atoms with Crippen LogP contribution in [0, 0.1) is 0 Å². The first-order chi connectivity index (χ1) is 12.2. The van der Waals surface area contributed by atoms with E-state index < -0.39 is 0 Å². The maximum absolute atomic E-state index is 5.89. The lowest BCUT2D eigenvalue weighted by Crippen LogP contribution is -2.05. The van der Waals surface area contributed by atoms with Gasteiger partial charge in [0, 0.05) is 17.9 Å². The number of hydrogen-bond acceptors (Lipinski definition) is 2. The van der Waals surface area contributed by atoms with Gasteiger partial charge >= 0.3 is 0 Å². The Labute approximate surface area is 218 Å². The van der Waals surface area contributed by atoms with E-state index in [2.05, 4.69) is 127 Å². The molecule has 2 aromatic rings. The first-order valence-corrected chi connectivity index (χ1v) is 13.1. The summed E-state index contributed by atoms with van der Waals surface area (Å²) in [4.78, 5) is 0. The summed E-state index contributed by atoms with van der Waals surface area (Å²) >= 11 is 28.0. The lowest BCUT2D eigenvalue weighted by molar-refractivity contribution is 0.342. The van der Waals surface area contributed by atoms with E-state index in [4.69, 9.17) is 9.47 Å². The van der Waals surface area contributed by atoms with Gasteiger partial charge in [0.25, 0.3) is 0 Å². The normalized spacial score (nSPS) is 12.0. The minimum absolute atomic E-state index is 0.353. The van der Waals surface area contributed by atoms with Gasteiger partial charge in [-0.3, -0.25) is 0 Å². The van der Waals surface area contributed by atoms with Crippen LogP contribution in [0.5, 0.6) is 11.5 Å². The lowest BCUT2D eigenvalue weighted by Gasteiger charge is -2.13. The Kier molecular flexibility index (Phi) is 10.2. The van der Waals surface area contributed by atoms with E-state index in [1.54, 1.807) is 0 Å². The molecule has 2 rings (SSSR count). The van der Waals surface area contributed by atoms with Crippen LogP contribution in [-0.2, 0) is 0 Å². The molecule has 0 saturated carbocycles. The largest absolute Gasteiger partial charge is 0.486 e. The van der Waals surface area contributed by atoms with Crippen LogP contribution in [0.1, 0.15) is 0 Å². The van der Waals surface area contributed by atoms with Crippen LogP contribution in [0.15, 0.2) is 60.1 Å². The molecule has 0 heterocycles. The van der Waals surface area contributed by atoms with E-state index in [0.29, 0.717) is 13.2 Å². The molecule has 0 N–H and O–H groups in total. The second kappa shape index (κ2) is 11.1. The standard InChI is InChI=1S/C16H8Br8O2/c17-7-1-9(19)15(10(20)2-7)25-5-13(23)14(24)6-26-16-11(21)3-8(18)4-12(16)22/h1-4H,5-6H2/b14-13-. The molecule has 0 atom stereocenters. The minimum atomic E-state index is 0.353. The van der Waals surface area contributed by atoms with Crippen molar-refractivity contribution < 1.29 is 9.47 Å². The quantitative estimate of drug-likeness (QED) is 0.288. The Morgan fingerprint density at radius 1 is 0.577 bits per heavy atom. The fourth-order valence-corrected chi connectivity index (χ4v) is 7.19. The molecular formula is C16H8Br8O2. The summed E-state index contributed by atoms with van der Waals surface area (Å²) in [6.45, 7) is 0.705. The molecule has 0 saturated heterocycles. The summed E-state index contributed by atoms with van der Waals surface area (Å²) in [5.74, 6) is 1.45. The third-order valence-corrected chi connectivity index (χ3v) is 8.13. The van der Waals surface area contributed by atoms with Crippen molar-refractivity contribution in [3.8, 4) is 11.5 Å². The highest BCUT2D eigenvalue weighted by atomic mass is 79.9. The number of rotatable bonds is 6. The molecule has 0 aliphatic carbocycles. The Morgan fingerprint density at radius 2 is 0.846 bits per heavy atom. The van der Waals surface area contributed by atoms with Crippen molar-refractivity contribution in [2.24, 2.45) is 0 Å². The van der Waals surface area contributed by atoms with Crippen molar-refractivity contribution in [3.63, 3.8) is 0 Å². The number of ether oxygens (including phenoxy) is 2. The average Bonchev–Trinajstić information content (AvgIpc) is 2.52. The number of benzene rings is 2. The summed E-state index contributed by atoms with van der Waals surface area (Å²) in [5.41, 5.74) is 0. The fraction of sp³-hybridized carbons (Fsp3) is 0.125. The van der Waals surface area contributed by atoms with Crippen molar-refractivity contribution in [1.29, 1.82) is 0 Å². The van der Waals surface area contributed by atoms with Gasteiger partial charge in [-0.25, -0.2) is 0 Å². The van der Waals surface area contributed by atoms with Gasteiger partial charge in [-0.15, -0.1) is 0 Å². The Balaban J connectivity index is 2.04. The molecule has 0 amide bonds. The molecule has 0 radical (unpaired) electrons. The second-order valence-corrected chi connectivity index (χ2v) is 11.9. The Hall–Kier alpha value is 1.62. The SMILES string of the molecule is Br/C(COc1c(Br)cc(Br)cc1Br)=C(\Br)COc1c(Br)cc(Br)cc1Br. The maximum atomic E-state index is 5.89. The molecule has 0 unspecified atom stereocenters. The highest BCUT2D eigenvalue weighted by Crippen LogP contribution is 2.38. The van der Waals surface area contributed by atoms with E-state index in [9.17, 15) is 0 Å². The third kappa shape index (κ3) is 6.85. The zero-order chi connectivity index (χ0) is 19.4. The molecule has 10 heteroatoms. The first-order valence-electron chi connectivity index (χ1n) is 6.76. The van der Waals surface area contributed by atoms with Crippen molar-refractivity contribution in [1.82, 2.24) is 0 Å². The lowest BCUT2D eigenvalue weighted by atomic mass is 10.3. The zero-order valence-electron chi connectivity index (χ0n) is 12.6. The smallest absolute Gasteiger partial charge is 0.148 e. The van der Waals surface area contributed by atoms with E-state index in [1.165, 1.54) is 0 Å². The van der Waals surface area contributed by atoms with E-state index in [-0.39, 0.29) is 0 Å². The topological polar surface area (TPSA) is 18.5 Å². The van der Waals surface area contributed by atoms with Gasteiger partial charge in [0.15, 0.2) is 0 Å². The molecule has 0 aliphatic rings. The molecule has 0 spiro atoms. The molecule has 2 nitrogen and oxygen atoms in total. The van der Waals surface area contributed by atoms with Crippen LogP contribution < -0.4 is 9.47 Å². The molecule has 0 aliphatic heterocycles. The van der Waals surface area contributed by atoms with E-state index in [1.807, 2.05) is 24.3 Å². The molecule has 26 heavy (non-hydrogen) atoms. The molecule has 0 aromatic heterocycles. The second-order valence-electron chi connectivity index (χ2n) is 4.78. The van der Waals surface area contributed by atoms with Crippen LogP contribution in [0.3, 0.4) is 0 Å².